The van der Waals surface area contributed by atoms with Gasteiger partial charge < -0.3 is 67.8 Å². The standard InChI is InChI=1S/C32H37NO11.C26H29NO11.ClH/c1-16-7-8-17-13-21-32(42-23(35)15-20-28(37)44-30(4,5)41-20)10-9-18(38-22(34)14-19-27(36)43-29(2,3)40-19)26-31(32,11-12-33(21)6)24(17)25(16)39-26;1-12-3-4-13-9-17-26(38-19(31)11-15(29)24(34)35)6-5-16(36-18(30)10-14(28)23(32)33)22-25(26,7-8-27(17)2)20(13)21(12)37-22;/h7-9,19-21,26H,10-15H2,1-6H3;3-5,14-15,17,22,28-29H,6-11H2,1-2H3,(H,32,33)(H,34,35);1H/t19-,20-,21+,26-,31-,32+;14-,15-,17+,22-,25-,26+;/m00./s1. The number of hydrogen-bond donors (Lipinski definition) is 4. The lowest BCUT2D eigenvalue weighted by atomic mass is 9.50. The zero-order valence-corrected chi connectivity index (χ0v) is 47.8. The molecule has 6 heterocycles. The SMILES string of the molecule is Cc1ccc2c3c1O[C@H]1C(OC(=O)C[C@@H]4OC(C)(C)OC4=O)=CC[C@@]4(OC(=O)C[C@@H]5OC(C)(C)OC5=O)[C@@H](C2)N(C)CC[C@]314.Cc1ccc2c3c1O[C@H]1C(OC(=O)C[C@H](O)C(=O)O)=CC[C@@]4(OC(=O)C[C@H](O)C(=O)O)[C@@H](C2)N(C)CC[C@]314.Cl. The molecule has 4 fully saturated rings. The summed E-state index contributed by atoms with van der Waals surface area (Å²) in [6, 6.07) is 7.51. The third kappa shape index (κ3) is 9.42. The summed E-state index contributed by atoms with van der Waals surface area (Å²) in [5, 5.41) is 37.5. The number of aliphatic carboxylic acids is 2. The van der Waals surface area contributed by atoms with Gasteiger partial charge in [0, 0.05) is 51.7 Å². The average molecular weight is 1180 g/mol. The number of carbonyl (C=O) groups is 8. The Morgan fingerprint density at radius 2 is 1.01 bits per heavy atom. The second-order valence-corrected chi connectivity index (χ2v) is 24.0. The van der Waals surface area contributed by atoms with E-state index in [0.717, 1.165) is 33.4 Å². The van der Waals surface area contributed by atoms with Crippen LogP contribution in [-0.4, -0.2) is 177 Å². The Labute approximate surface area is 482 Å². The maximum Gasteiger partial charge on any atom is 0.338 e. The smallest absolute Gasteiger partial charge is 0.338 e. The molecule has 6 aliphatic heterocycles. The molecule has 4 N–H and O–H groups in total. The van der Waals surface area contributed by atoms with E-state index in [9.17, 15) is 48.6 Å². The van der Waals surface area contributed by atoms with E-state index in [-0.39, 0.29) is 55.9 Å². The number of carbonyl (C=O) groups excluding carboxylic acids is 6. The summed E-state index contributed by atoms with van der Waals surface area (Å²) in [4.78, 5) is 104. The molecule has 4 bridgehead atoms. The van der Waals surface area contributed by atoms with Crippen LogP contribution in [0.4, 0.5) is 0 Å². The van der Waals surface area contributed by atoms with E-state index in [0.29, 0.717) is 56.0 Å². The zero-order valence-electron chi connectivity index (χ0n) is 47.0. The van der Waals surface area contributed by atoms with Gasteiger partial charge >= 0.3 is 47.8 Å². The van der Waals surface area contributed by atoms with Crippen LogP contribution >= 0.6 is 12.4 Å². The normalized spacial score (nSPS) is 32.7. The first kappa shape index (κ1) is 59.5. The summed E-state index contributed by atoms with van der Waals surface area (Å²) in [5.41, 5.74) is 1.52. The number of rotatable bonds is 14. The molecule has 25 heteroatoms. The lowest BCUT2D eigenvalue weighted by molar-refractivity contribution is -0.209. The molecule has 12 rings (SSSR count). The monoisotopic (exact) mass is 1180 g/mol. The number of aliphatic hydroxyl groups is 2. The number of likely N-dealkylation sites (tertiary alicyclic amines) is 2. The Morgan fingerprint density at radius 1 is 0.614 bits per heavy atom. The molecule has 4 aliphatic carbocycles. The second-order valence-electron chi connectivity index (χ2n) is 24.0. The number of aryl methyl sites for hydroxylation is 2. The van der Waals surface area contributed by atoms with Gasteiger partial charge in [-0.05, 0) is 101 Å². The van der Waals surface area contributed by atoms with Crippen molar-refractivity contribution in [1.29, 1.82) is 0 Å². The first-order valence-corrected chi connectivity index (χ1v) is 27.4. The van der Waals surface area contributed by atoms with Crippen molar-refractivity contribution < 1.29 is 106 Å². The number of aliphatic hydroxyl groups excluding tert-OH is 2. The van der Waals surface area contributed by atoms with E-state index in [1.807, 2.05) is 46.1 Å². The highest BCUT2D eigenvalue weighted by atomic mass is 35.5. The Bertz CT molecular complexity index is 3190. The van der Waals surface area contributed by atoms with Gasteiger partial charge in [0.15, 0.2) is 36.6 Å². The molecule has 2 aromatic rings. The minimum absolute atomic E-state index is 0. The number of benzene rings is 2. The highest BCUT2D eigenvalue weighted by molar-refractivity contribution is 5.86. The number of cyclic esters (lactones) is 2. The van der Waals surface area contributed by atoms with Crippen molar-refractivity contribution in [3.63, 3.8) is 0 Å². The maximum atomic E-state index is 13.7. The van der Waals surface area contributed by atoms with Crippen molar-refractivity contribution in [2.24, 2.45) is 0 Å². The first-order valence-electron chi connectivity index (χ1n) is 27.4. The van der Waals surface area contributed by atoms with Gasteiger partial charge in [0.1, 0.15) is 34.2 Å². The van der Waals surface area contributed by atoms with Crippen molar-refractivity contribution in [2.75, 3.05) is 27.2 Å². The molecule has 0 amide bonds. The zero-order chi connectivity index (χ0) is 59.0. The molecule has 0 unspecified atom stereocenters. The quantitative estimate of drug-likeness (QED) is 0.156. The van der Waals surface area contributed by atoms with Crippen LogP contribution in [0.25, 0.3) is 0 Å². The molecule has 2 spiro atoms. The number of ether oxygens (including phenoxy) is 10. The van der Waals surface area contributed by atoms with Gasteiger partial charge in [-0.3, -0.25) is 29.0 Å². The van der Waals surface area contributed by atoms with Crippen molar-refractivity contribution in [2.45, 2.75) is 188 Å². The summed E-state index contributed by atoms with van der Waals surface area (Å²) in [7, 11) is 3.93. The predicted molar refractivity (Wildman–Crippen MR) is 282 cm³/mol. The van der Waals surface area contributed by atoms with Crippen LogP contribution in [0.5, 0.6) is 11.5 Å². The number of carboxylic acid groups (broad SMARTS) is 2. The Morgan fingerprint density at radius 3 is 1.42 bits per heavy atom. The van der Waals surface area contributed by atoms with Crippen LogP contribution in [0.2, 0.25) is 0 Å². The Balaban J connectivity index is 0.000000185. The number of nitrogens with zero attached hydrogens (tertiary/aromatic N) is 2. The Kier molecular flexibility index (Phi) is 14.9. The molecule has 24 nitrogen and oxygen atoms in total. The fourth-order valence-electron chi connectivity index (χ4n) is 14.8. The fourth-order valence-corrected chi connectivity index (χ4v) is 14.8. The third-order valence-corrected chi connectivity index (χ3v) is 18.2. The molecule has 0 aromatic heterocycles. The number of likely N-dealkylation sites (N-methyl/N-ethyl adjacent to an activating group) is 2. The van der Waals surface area contributed by atoms with Gasteiger partial charge in [0.25, 0.3) is 0 Å². The largest absolute Gasteiger partial charge is 0.481 e. The Hall–Kier alpha value is -6.67. The van der Waals surface area contributed by atoms with Crippen molar-refractivity contribution in [1.82, 2.24) is 9.80 Å². The van der Waals surface area contributed by atoms with Gasteiger partial charge in [0.2, 0.25) is 11.6 Å². The van der Waals surface area contributed by atoms with E-state index in [1.165, 1.54) is 0 Å². The number of hydrogen-bond acceptors (Lipinski definition) is 22. The molecule has 0 saturated carbocycles. The average Bonchev–Trinajstić information content (AvgIpc) is 1.64. The summed E-state index contributed by atoms with van der Waals surface area (Å²) >= 11 is 0. The number of piperidine rings is 2. The maximum absolute atomic E-state index is 13.7. The lowest BCUT2D eigenvalue weighted by Gasteiger charge is -2.62. The number of carboxylic acids is 2. The predicted octanol–water partition coefficient (Wildman–Crippen LogP) is 2.96. The van der Waals surface area contributed by atoms with Crippen LogP contribution < -0.4 is 9.47 Å². The van der Waals surface area contributed by atoms with Crippen molar-refractivity contribution >= 4 is 60.2 Å². The van der Waals surface area contributed by atoms with Crippen LogP contribution in [0.3, 0.4) is 0 Å². The molecule has 12 atom stereocenters. The number of halogens is 1. The summed E-state index contributed by atoms with van der Waals surface area (Å²) < 4.78 is 59.2. The molecule has 0 radical (unpaired) electrons. The number of esters is 6. The lowest BCUT2D eigenvalue weighted by Crippen LogP contribution is -2.75. The van der Waals surface area contributed by atoms with Gasteiger partial charge in [-0.15, -0.1) is 12.4 Å². The molecule has 4 saturated heterocycles. The highest BCUT2D eigenvalue weighted by Crippen LogP contribution is 2.67. The van der Waals surface area contributed by atoms with E-state index >= 15 is 0 Å². The van der Waals surface area contributed by atoms with E-state index in [2.05, 4.69) is 15.9 Å². The fraction of sp³-hybridized carbons (Fsp3) is 0.586. The molecular weight excluding hydrogens is 1110 g/mol. The van der Waals surface area contributed by atoms with Gasteiger partial charge in [0.05, 0.1) is 48.6 Å². The van der Waals surface area contributed by atoms with E-state index in [1.54, 1.807) is 39.8 Å². The van der Waals surface area contributed by atoms with E-state index in [4.69, 9.17) is 57.6 Å². The van der Waals surface area contributed by atoms with Gasteiger partial charge in [-0.2, -0.15) is 0 Å². The van der Waals surface area contributed by atoms with Crippen LogP contribution in [0, 0.1) is 13.8 Å². The molecule has 83 heavy (non-hydrogen) atoms. The minimum Gasteiger partial charge on any atom is -0.481 e. The third-order valence-electron chi connectivity index (χ3n) is 18.2. The molecule has 448 valence electrons. The van der Waals surface area contributed by atoms with Crippen LogP contribution in [0.1, 0.15) is 112 Å². The van der Waals surface area contributed by atoms with Gasteiger partial charge in [-0.1, -0.05) is 24.3 Å². The molecule has 2 aromatic carbocycles. The minimum atomic E-state index is -1.93. The molecular formula is C58H67ClN2O22. The highest BCUT2D eigenvalue weighted by Gasteiger charge is 2.76. The van der Waals surface area contributed by atoms with Crippen molar-refractivity contribution in [3.05, 3.63) is 81.3 Å². The first-order chi connectivity index (χ1) is 38.6. The topological polar surface area (TPSA) is 316 Å². The van der Waals surface area contributed by atoms with E-state index < -0.39 is 131 Å². The van der Waals surface area contributed by atoms with Crippen LogP contribution in [-0.2, 0) is 99.9 Å². The molecule has 10 aliphatic rings. The second kappa shape index (κ2) is 20.8. The van der Waals surface area contributed by atoms with Crippen LogP contribution in [0.15, 0.2) is 47.9 Å². The van der Waals surface area contributed by atoms with Gasteiger partial charge in [-0.25, -0.2) is 19.2 Å². The van der Waals surface area contributed by atoms with Crippen molar-refractivity contribution in [3.8, 4) is 11.5 Å². The summed E-state index contributed by atoms with van der Waals surface area (Å²) in [6.07, 6.45) is -3.91. The summed E-state index contributed by atoms with van der Waals surface area (Å²) in [5.74, 6) is -7.90. The summed E-state index contributed by atoms with van der Waals surface area (Å²) in [6.45, 7) is 11.6.